The van der Waals surface area contributed by atoms with Crippen molar-refractivity contribution in [1.82, 2.24) is 5.32 Å². The fourth-order valence-corrected chi connectivity index (χ4v) is 5.10. The van der Waals surface area contributed by atoms with Crippen LogP contribution in [0.4, 0.5) is 0 Å². The third-order valence-electron chi connectivity index (χ3n) is 6.80. The summed E-state index contributed by atoms with van der Waals surface area (Å²) >= 11 is 0. The van der Waals surface area contributed by atoms with E-state index in [0.717, 1.165) is 24.0 Å². The Kier molecular flexibility index (Phi) is 11.5. The van der Waals surface area contributed by atoms with E-state index in [9.17, 15) is 20.1 Å². The Balaban J connectivity index is 1.58. The highest BCUT2D eigenvalue weighted by atomic mass is 16.6. The minimum absolute atomic E-state index is 0.00608. The second-order valence-electron chi connectivity index (χ2n) is 11.3. The van der Waals surface area contributed by atoms with E-state index in [1.54, 1.807) is 0 Å². The summed E-state index contributed by atoms with van der Waals surface area (Å²) in [5.41, 5.74) is 1.48. The van der Waals surface area contributed by atoms with E-state index in [1.165, 1.54) is 0 Å². The zero-order valence-electron chi connectivity index (χ0n) is 23.1. The van der Waals surface area contributed by atoms with E-state index in [-0.39, 0.29) is 24.3 Å². The molecule has 0 bridgehead atoms. The molecule has 0 spiro atoms. The third-order valence-corrected chi connectivity index (χ3v) is 6.80. The number of esters is 1. The Morgan fingerprint density at radius 1 is 1.11 bits per heavy atom. The number of ether oxygens (including phenoxy) is 3. The molecule has 0 aliphatic heterocycles. The topological polar surface area (TPSA) is 117 Å². The van der Waals surface area contributed by atoms with Gasteiger partial charge in [-0.1, -0.05) is 42.0 Å². The molecule has 0 fully saturated rings. The van der Waals surface area contributed by atoms with E-state index in [4.69, 9.17) is 14.2 Å². The second kappa shape index (κ2) is 14.4. The molecule has 8 heteroatoms. The maximum Gasteiger partial charge on any atom is 0.315 e. The monoisotopic (exact) mass is 531 g/mol. The van der Waals surface area contributed by atoms with Gasteiger partial charge in [-0.2, -0.15) is 0 Å². The lowest BCUT2D eigenvalue weighted by molar-refractivity contribution is -0.185. The Bertz CT molecular complexity index is 941. The predicted molar refractivity (Wildman–Crippen MR) is 145 cm³/mol. The van der Waals surface area contributed by atoms with Gasteiger partial charge in [0.1, 0.15) is 11.9 Å². The van der Waals surface area contributed by atoms with Gasteiger partial charge in [-0.3, -0.25) is 10.1 Å². The molecule has 4 N–H and O–H groups in total. The van der Waals surface area contributed by atoms with Crippen LogP contribution in [0.1, 0.15) is 72.6 Å². The summed E-state index contributed by atoms with van der Waals surface area (Å²) < 4.78 is 16.9. The minimum Gasteiger partial charge on any atom is -0.426 e. The minimum atomic E-state index is -1.54. The van der Waals surface area contributed by atoms with Crippen molar-refractivity contribution in [3.8, 4) is 0 Å². The molecule has 0 aromatic carbocycles. The van der Waals surface area contributed by atoms with Gasteiger partial charge >= 0.3 is 5.97 Å². The maximum atomic E-state index is 12.9. The molecule has 212 valence electrons. The zero-order valence-corrected chi connectivity index (χ0v) is 23.1. The number of carbonyl (C=O) groups is 1. The molecule has 0 saturated carbocycles. The maximum absolute atomic E-state index is 12.9. The van der Waals surface area contributed by atoms with Crippen LogP contribution in [0.2, 0.25) is 0 Å². The van der Waals surface area contributed by atoms with Crippen LogP contribution in [0.15, 0.2) is 59.4 Å². The highest BCUT2D eigenvalue weighted by Gasteiger charge is 2.28. The first-order valence-corrected chi connectivity index (χ1v) is 13.7. The molecule has 8 nitrogen and oxygen atoms in total. The molecule has 0 radical (unpaired) electrons. The molecule has 3 rings (SSSR count). The first-order chi connectivity index (χ1) is 18.0. The molecular weight excluding hydrogens is 486 g/mol. The van der Waals surface area contributed by atoms with Crippen molar-refractivity contribution in [1.29, 1.82) is 0 Å². The summed E-state index contributed by atoms with van der Waals surface area (Å²) in [4.78, 5) is 12.9. The number of rotatable bonds is 13. The zero-order chi connectivity index (χ0) is 27.7. The number of aliphatic hydroxyl groups is 3. The Morgan fingerprint density at radius 3 is 2.55 bits per heavy atom. The van der Waals surface area contributed by atoms with Gasteiger partial charge in [-0.15, -0.1) is 0 Å². The quantitative estimate of drug-likeness (QED) is 0.159. The van der Waals surface area contributed by atoms with Crippen molar-refractivity contribution in [3.63, 3.8) is 0 Å². The second-order valence-corrected chi connectivity index (χ2v) is 11.3. The fraction of sp³-hybridized carbons (Fsp3) is 0.633. The summed E-state index contributed by atoms with van der Waals surface area (Å²) in [6, 6.07) is 0.00608. The first kappa shape index (κ1) is 30.5. The summed E-state index contributed by atoms with van der Waals surface area (Å²) in [6.45, 7) is 7.87. The van der Waals surface area contributed by atoms with Crippen LogP contribution in [0.25, 0.3) is 0 Å². The number of hydrogen-bond donors (Lipinski definition) is 4. The van der Waals surface area contributed by atoms with Gasteiger partial charge in [0.25, 0.3) is 0 Å². The first-order valence-electron chi connectivity index (χ1n) is 13.7. The molecule has 5 atom stereocenters. The van der Waals surface area contributed by atoms with E-state index >= 15 is 0 Å². The van der Waals surface area contributed by atoms with Gasteiger partial charge in [0.15, 0.2) is 6.29 Å². The van der Waals surface area contributed by atoms with Crippen molar-refractivity contribution in [2.24, 2.45) is 11.8 Å². The van der Waals surface area contributed by atoms with Crippen molar-refractivity contribution in [2.75, 3.05) is 6.61 Å². The van der Waals surface area contributed by atoms with Crippen LogP contribution in [0, 0.1) is 11.8 Å². The summed E-state index contributed by atoms with van der Waals surface area (Å²) in [5, 5.41) is 32.6. The van der Waals surface area contributed by atoms with Gasteiger partial charge in [-0.25, -0.2) is 0 Å². The van der Waals surface area contributed by atoms with Crippen LogP contribution < -0.4 is 5.32 Å². The smallest absolute Gasteiger partial charge is 0.315 e. The van der Waals surface area contributed by atoms with Crippen molar-refractivity contribution >= 4 is 5.97 Å². The Morgan fingerprint density at radius 2 is 1.89 bits per heavy atom. The lowest BCUT2D eigenvalue weighted by Gasteiger charge is -2.27. The molecule has 38 heavy (non-hydrogen) atoms. The number of aliphatic hydroxyl groups excluding tert-OH is 2. The number of hydrogen-bond acceptors (Lipinski definition) is 8. The predicted octanol–water partition coefficient (Wildman–Crippen LogP) is 4.15. The van der Waals surface area contributed by atoms with Gasteiger partial charge in [0, 0.05) is 12.6 Å². The van der Waals surface area contributed by atoms with Crippen LogP contribution >= 0.6 is 0 Å². The third kappa shape index (κ3) is 10.2. The molecule has 0 aromatic heterocycles. The number of carbonyl (C=O) groups excluding carboxylic acids is 1. The normalized spacial score (nSPS) is 25.2. The van der Waals surface area contributed by atoms with Crippen molar-refractivity contribution in [3.05, 3.63) is 59.4 Å². The van der Waals surface area contributed by atoms with Crippen molar-refractivity contribution < 1.29 is 34.3 Å². The fourth-order valence-electron chi connectivity index (χ4n) is 5.10. The Hall–Kier alpha value is -2.07. The number of allylic oxidation sites excluding steroid dienone is 7. The largest absolute Gasteiger partial charge is 0.426 e. The highest BCUT2D eigenvalue weighted by molar-refractivity contribution is 5.74. The lowest BCUT2D eigenvalue weighted by Crippen LogP contribution is -2.42. The molecule has 3 aliphatic carbocycles. The average molecular weight is 532 g/mol. The van der Waals surface area contributed by atoms with Gasteiger partial charge in [0.2, 0.25) is 6.41 Å². The van der Waals surface area contributed by atoms with Crippen LogP contribution in [0.3, 0.4) is 0 Å². The molecule has 0 heterocycles. The molecule has 0 aromatic rings. The molecule has 3 aliphatic rings. The van der Waals surface area contributed by atoms with E-state index < -0.39 is 24.4 Å². The molecule has 5 unspecified atom stereocenters. The SMILES string of the molecule is CCOC(CC1C=C(CC2C=CC=CC2)C(OC(=O)CC2=CCC(NC(O)OC(C)(C)C)C2)=CC1)C(O)O. The number of nitrogens with one attached hydrogen (secondary N) is 1. The van der Waals surface area contributed by atoms with Crippen molar-refractivity contribution in [2.45, 2.75) is 103 Å². The van der Waals surface area contributed by atoms with Gasteiger partial charge < -0.3 is 29.5 Å². The molecule has 0 saturated heterocycles. The highest BCUT2D eigenvalue weighted by Crippen LogP contribution is 2.34. The summed E-state index contributed by atoms with van der Waals surface area (Å²) in [5.74, 6) is 0.648. The molecular formula is C30H45NO7. The lowest BCUT2D eigenvalue weighted by atomic mass is 9.85. The van der Waals surface area contributed by atoms with Gasteiger partial charge in [0.05, 0.1) is 12.0 Å². The standard InChI is InChI=1S/C30H45NO7/c1-5-36-26(28(33)34)18-21-12-14-25(23(16-21)15-20-9-7-6-8-10-20)37-27(32)19-22-11-13-24(17-22)31-29(35)38-30(2,3)4/h6-9,11,14,16,20-21,24,26,28-29,31,33-35H,5,10,12-13,15,17-19H2,1-4H3. The Labute approximate surface area is 226 Å². The summed E-state index contributed by atoms with van der Waals surface area (Å²) in [7, 11) is 0. The van der Waals surface area contributed by atoms with Crippen LogP contribution in [-0.2, 0) is 19.0 Å². The van der Waals surface area contributed by atoms with E-state index in [1.807, 2.05) is 52.0 Å². The van der Waals surface area contributed by atoms with Crippen LogP contribution in [0.5, 0.6) is 0 Å². The average Bonchev–Trinajstić information content (AvgIpc) is 3.26. The van der Waals surface area contributed by atoms with E-state index in [0.29, 0.717) is 44.0 Å². The molecule has 0 amide bonds. The van der Waals surface area contributed by atoms with Crippen LogP contribution in [-0.4, -0.2) is 58.3 Å². The van der Waals surface area contributed by atoms with E-state index in [2.05, 4.69) is 23.5 Å². The van der Waals surface area contributed by atoms with Gasteiger partial charge in [-0.05, 0) is 89.7 Å². The summed E-state index contributed by atoms with van der Waals surface area (Å²) in [6.07, 6.45) is 15.5.